The van der Waals surface area contributed by atoms with Crippen molar-refractivity contribution in [2.75, 3.05) is 6.61 Å². The summed E-state index contributed by atoms with van der Waals surface area (Å²) < 4.78 is 4.86. The maximum atomic E-state index is 11.3. The number of nitrogens with zero attached hydrogens (tertiary/aromatic N) is 1. The van der Waals surface area contributed by atoms with Gasteiger partial charge in [-0.2, -0.15) is 5.26 Å². The van der Waals surface area contributed by atoms with Crippen LogP contribution in [0.2, 0.25) is 0 Å². The van der Waals surface area contributed by atoms with E-state index in [1.807, 2.05) is 13.0 Å². The molecule has 0 amide bonds. The molecule has 0 aromatic heterocycles. The monoisotopic (exact) mass is 169 g/mol. The van der Waals surface area contributed by atoms with Crippen LogP contribution in [0.4, 0.5) is 0 Å². The van der Waals surface area contributed by atoms with Crippen LogP contribution in [0.1, 0.15) is 33.6 Å². The molecular weight excluding hydrogens is 154 g/mol. The first-order chi connectivity index (χ1) is 5.60. The quantitative estimate of drug-likeness (QED) is 0.604. The number of hydrogen-bond acceptors (Lipinski definition) is 3. The Morgan fingerprint density at radius 1 is 1.58 bits per heavy atom. The highest BCUT2D eigenvalue weighted by Gasteiger charge is 2.32. The third-order valence-corrected chi connectivity index (χ3v) is 2.02. The van der Waals surface area contributed by atoms with E-state index in [-0.39, 0.29) is 12.4 Å². The zero-order valence-corrected chi connectivity index (χ0v) is 7.89. The van der Waals surface area contributed by atoms with Crippen LogP contribution in [0.3, 0.4) is 0 Å². The summed E-state index contributed by atoms with van der Waals surface area (Å²) in [5, 5.41) is 8.49. The lowest BCUT2D eigenvalue weighted by Gasteiger charge is -2.21. The Labute approximate surface area is 73.3 Å². The fraction of sp³-hybridized carbons (Fsp3) is 0.778. The molecule has 0 radical (unpaired) electrons. The number of carbonyl (C=O) groups is 1. The van der Waals surface area contributed by atoms with Crippen molar-refractivity contribution in [1.29, 1.82) is 5.26 Å². The number of nitriles is 1. The van der Waals surface area contributed by atoms with E-state index in [0.717, 1.165) is 0 Å². The Kier molecular flexibility index (Phi) is 4.35. The molecule has 12 heavy (non-hydrogen) atoms. The van der Waals surface area contributed by atoms with Crippen molar-refractivity contribution in [3.63, 3.8) is 0 Å². The molecule has 0 N–H and O–H groups in total. The molecule has 0 spiro atoms. The molecule has 1 unspecified atom stereocenters. The lowest BCUT2D eigenvalue weighted by atomic mass is 9.85. The third-order valence-electron chi connectivity index (χ3n) is 2.02. The summed E-state index contributed by atoms with van der Waals surface area (Å²) in [6.45, 7) is 5.78. The van der Waals surface area contributed by atoms with Crippen molar-refractivity contribution in [1.82, 2.24) is 0 Å². The van der Waals surface area contributed by atoms with Crippen LogP contribution in [0.15, 0.2) is 0 Å². The van der Waals surface area contributed by atoms with Crippen molar-refractivity contribution >= 4 is 5.97 Å². The topological polar surface area (TPSA) is 50.1 Å². The van der Waals surface area contributed by atoms with Gasteiger partial charge in [-0.15, -0.1) is 0 Å². The van der Waals surface area contributed by atoms with Crippen LogP contribution in [0.25, 0.3) is 0 Å². The van der Waals surface area contributed by atoms with Crippen molar-refractivity contribution in [2.24, 2.45) is 5.41 Å². The van der Waals surface area contributed by atoms with E-state index >= 15 is 0 Å². The number of rotatable bonds is 4. The summed E-state index contributed by atoms with van der Waals surface area (Å²) in [6.07, 6.45) is 0.863. The Balaban J connectivity index is 4.31. The van der Waals surface area contributed by atoms with E-state index in [1.54, 1.807) is 13.8 Å². The molecule has 68 valence electrons. The average Bonchev–Trinajstić information content (AvgIpc) is 2.05. The molecule has 0 fully saturated rings. The minimum Gasteiger partial charge on any atom is -0.466 e. The van der Waals surface area contributed by atoms with Crippen LogP contribution in [0, 0.1) is 16.7 Å². The normalized spacial score (nSPS) is 14.5. The molecule has 0 saturated heterocycles. The van der Waals surface area contributed by atoms with Gasteiger partial charge in [-0.1, -0.05) is 6.92 Å². The molecule has 0 aromatic rings. The second-order valence-electron chi connectivity index (χ2n) is 2.97. The molecular formula is C9H15NO2. The maximum Gasteiger partial charge on any atom is 0.312 e. The van der Waals surface area contributed by atoms with Gasteiger partial charge in [0, 0.05) is 0 Å². The highest BCUT2D eigenvalue weighted by molar-refractivity contribution is 5.76. The maximum absolute atomic E-state index is 11.3. The minimum atomic E-state index is -0.620. The second kappa shape index (κ2) is 4.76. The number of carbonyl (C=O) groups excluding carboxylic acids is 1. The van der Waals surface area contributed by atoms with Gasteiger partial charge in [0.15, 0.2) is 0 Å². The lowest BCUT2D eigenvalue weighted by molar-refractivity contribution is -0.154. The van der Waals surface area contributed by atoms with Crippen LogP contribution >= 0.6 is 0 Å². The Morgan fingerprint density at radius 2 is 2.17 bits per heavy atom. The Bertz CT molecular complexity index is 195. The van der Waals surface area contributed by atoms with E-state index in [1.165, 1.54) is 0 Å². The fourth-order valence-electron chi connectivity index (χ4n) is 0.821. The van der Waals surface area contributed by atoms with E-state index in [4.69, 9.17) is 10.00 Å². The first-order valence-corrected chi connectivity index (χ1v) is 4.15. The van der Waals surface area contributed by atoms with Crippen molar-refractivity contribution < 1.29 is 9.53 Å². The molecule has 3 heteroatoms. The summed E-state index contributed by atoms with van der Waals surface area (Å²) >= 11 is 0. The molecule has 0 aliphatic carbocycles. The number of ether oxygens (including phenoxy) is 1. The van der Waals surface area contributed by atoms with Crippen molar-refractivity contribution in [3.05, 3.63) is 0 Å². The van der Waals surface area contributed by atoms with Gasteiger partial charge in [-0.25, -0.2) is 0 Å². The molecule has 3 nitrogen and oxygen atoms in total. The van der Waals surface area contributed by atoms with Gasteiger partial charge >= 0.3 is 5.97 Å². The summed E-state index contributed by atoms with van der Waals surface area (Å²) in [5.74, 6) is -0.269. The zero-order valence-electron chi connectivity index (χ0n) is 7.89. The predicted molar refractivity (Wildman–Crippen MR) is 45.3 cm³/mol. The zero-order chi connectivity index (χ0) is 9.61. The third kappa shape index (κ3) is 2.54. The molecule has 0 aliphatic rings. The summed E-state index contributed by atoms with van der Waals surface area (Å²) in [5.41, 5.74) is -0.620. The van der Waals surface area contributed by atoms with Crippen molar-refractivity contribution in [3.8, 4) is 6.07 Å². The van der Waals surface area contributed by atoms with Gasteiger partial charge in [0.25, 0.3) is 0 Å². The molecule has 0 aliphatic heterocycles. The minimum absolute atomic E-state index is 0.225. The van der Waals surface area contributed by atoms with E-state index < -0.39 is 5.41 Å². The number of hydrogen-bond donors (Lipinski definition) is 0. The smallest absolute Gasteiger partial charge is 0.312 e. The van der Waals surface area contributed by atoms with Crippen LogP contribution in [-0.4, -0.2) is 12.6 Å². The number of esters is 1. The average molecular weight is 169 g/mol. The SMILES string of the molecule is CCOC(=O)C(C)(CC)CC#N. The Hall–Kier alpha value is -1.04. The van der Waals surface area contributed by atoms with Gasteiger partial charge in [0.2, 0.25) is 0 Å². The largest absolute Gasteiger partial charge is 0.466 e. The van der Waals surface area contributed by atoms with Crippen LogP contribution in [-0.2, 0) is 9.53 Å². The molecule has 0 saturated carbocycles. The summed E-state index contributed by atoms with van der Waals surface area (Å²) in [6, 6.07) is 2.00. The fourth-order valence-corrected chi connectivity index (χ4v) is 0.821. The Morgan fingerprint density at radius 3 is 2.50 bits per heavy atom. The molecule has 0 rings (SSSR count). The molecule has 1 atom stereocenters. The first kappa shape index (κ1) is 11.0. The second-order valence-corrected chi connectivity index (χ2v) is 2.97. The van der Waals surface area contributed by atoms with E-state index in [2.05, 4.69) is 0 Å². The van der Waals surface area contributed by atoms with E-state index in [0.29, 0.717) is 13.0 Å². The van der Waals surface area contributed by atoms with Crippen molar-refractivity contribution in [2.45, 2.75) is 33.6 Å². The molecule has 0 aromatic carbocycles. The van der Waals surface area contributed by atoms with Crippen LogP contribution < -0.4 is 0 Å². The van der Waals surface area contributed by atoms with E-state index in [9.17, 15) is 4.79 Å². The summed E-state index contributed by atoms with van der Waals surface area (Å²) in [7, 11) is 0. The standard InChI is InChI=1S/C9H15NO2/c1-4-9(3,6-7-10)8(11)12-5-2/h4-6H2,1-3H3. The highest BCUT2D eigenvalue weighted by Crippen LogP contribution is 2.26. The summed E-state index contributed by atoms with van der Waals surface area (Å²) in [4.78, 5) is 11.3. The first-order valence-electron chi connectivity index (χ1n) is 4.15. The highest BCUT2D eigenvalue weighted by atomic mass is 16.5. The van der Waals surface area contributed by atoms with Gasteiger partial charge in [0.05, 0.1) is 24.5 Å². The van der Waals surface area contributed by atoms with Gasteiger partial charge in [-0.3, -0.25) is 4.79 Å². The van der Waals surface area contributed by atoms with Gasteiger partial charge < -0.3 is 4.74 Å². The van der Waals surface area contributed by atoms with Gasteiger partial charge in [-0.05, 0) is 20.3 Å². The molecule has 0 heterocycles. The predicted octanol–water partition coefficient (Wildman–Crippen LogP) is 1.88. The lowest BCUT2D eigenvalue weighted by Crippen LogP contribution is -2.28. The molecule has 0 bridgehead atoms. The van der Waals surface area contributed by atoms with Gasteiger partial charge in [0.1, 0.15) is 0 Å². The van der Waals surface area contributed by atoms with Crippen LogP contribution in [0.5, 0.6) is 0 Å².